The van der Waals surface area contributed by atoms with Crippen molar-refractivity contribution in [3.8, 4) is 0 Å². The van der Waals surface area contributed by atoms with Gasteiger partial charge in [0.2, 0.25) is 0 Å². The predicted octanol–water partition coefficient (Wildman–Crippen LogP) is 15.8. The third-order valence-corrected chi connectivity index (χ3v) is 15.4. The van der Waals surface area contributed by atoms with Gasteiger partial charge < -0.3 is 0 Å². The number of fused-ring (bicyclic) bond motifs is 18. The Labute approximate surface area is 372 Å². The highest BCUT2D eigenvalue weighted by Gasteiger charge is 2.52. The van der Waals surface area contributed by atoms with Crippen LogP contribution in [0.1, 0.15) is 55.6 Å². The van der Waals surface area contributed by atoms with E-state index in [4.69, 9.17) is 0 Å². The van der Waals surface area contributed by atoms with E-state index in [2.05, 4.69) is 231 Å². The van der Waals surface area contributed by atoms with Crippen LogP contribution in [0.25, 0.3) is 79.3 Å². The van der Waals surface area contributed by atoms with E-state index in [1.54, 1.807) is 0 Å². The minimum atomic E-state index is -0.580. The molecule has 2 unspecified atom stereocenters. The number of hydrogen-bond acceptors (Lipinski definition) is 0. The molecule has 7 aromatic rings. The Kier molecular flexibility index (Phi) is 6.64. The molecule has 2 spiro atoms. The summed E-state index contributed by atoms with van der Waals surface area (Å²) in [6.45, 7) is 0. The highest BCUT2D eigenvalue weighted by Crippen LogP contribution is 2.68. The molecular weight excluding hydrogens is 769 g/mol. The number of rotatable bonds is 2. The molecule has 0 N–H and O–H groups in total. The van der Waals surface area contributed by atoms with Crippen LogP contribution in [-0.2, 0) is 0 Å². The Morgan fingerprint density at radius 2 is 0.688 bits per heavy atom. The largest absolute Gasteiger partial charge is 0.0653 e. The maximum absolute atomic E-state index is 2.52. The summed E-state index contributed by atoms with van der Waals surface area (Å²) in [5.41, 5.74) is 25.0. The summed E-state index contributed by atoms with van der Waals surface area (Å²) in [7, 11) is 0. The minimum Gasteiger partial charge on any atom is -0.0651 e. The number of allylic oxidation sites excluding steroid dienone is 20. The molecule has 0 saturated heterocycles. The summed E-state index contributed by atoms with van der Waals surface area (Å²) >= 11 is 0. The lowest BCUT2D eigenvalue weighted by molar-refractivity contribution is 0.769. The molecule has 0 fully saturated rings. The molecule has 0 heterocycles. The molecule has 0 nitrogen and oxygen atoms in total. The maximum atomic E-state index is 2.52. The topological polar surface area (TPSA) is 0 Å². The zero-order valence-corrected chi connectivity index (χ0v) is 34.9. The Hall–Kier alpha value is -8.06. The Balaban J connectivity index is 1.07. The molecule has 64 heavy (non-hydrogen) atoms. The molecule has 8 aliphatic rings. The summed E-state index contributed by atoms with van der Waals surface area (Å²) in [5.74, 6) is 0. The van der Waals surface area contributed by atoms with E-state index in [1.165, 1.54) is 133 Å². The van der Waals surface area contributed by atoms with Gasteiger partial charge in [0.1, 0.15) is 0 Å². The van der Waals surface area contributed by atoms with Gasteiger partial charge in [0, 0.05) is 0 Å². The van der Waals surface area contributed by atoms with Gasteiger partial charge >= 0.3 is 0 Å². The Morgan fingerprint density at radius 3 is 1.19 bits per heavy atom. The van der Waals surface area contributed by atoms with Crippen molar-refractivity contribution in [2.45, 2.75) is 0 Å². The van der Waals surface area contributed by atoms with Crippen molar-refractivity contribution in [1.82, 2.24) is 0 Å². The second kappa shape index (κ2) is 12.3. The lowest BCUT2D eigenvalue weighted by Crippen LogP contribution is -2.31. The van der Waals surface area contributed by atoms with E-state index in [1.807, 2.05) is 0 Å². The molecule has 0 amide bonds. The van der Waals surface area contributed by atoms with Crippen molar-refractivity contribution in [1.29, 1.82) is 0 Å². The molecule has 0 saturated carbocycles. The van der Waals surface area contributed by atoms with Crippen molar-refractivity contribution in [3.63, 3.8) is 0 Å². The minimum absolute atomic E-state index is 0.561. The fourth-order valence-electron chi connectivity index (χ4n) is 12.7. The van der Waals surface area contributed by atoms with E-state index in [-0.39, 0.29) is 0 Å². The van der Waals surface area contributed by atoms with Crippen LogP contribution < -0.4 is 0 Å². The second-order valence-corrected chi connectivity index (χ2v) is 18.3. The average Bonchev–Trinajstić information content (AvgIpc) is 4.13. The molecule has 2 atom stereocenters. The van der Waals surface area contributed by atoms with Crippen LogP contribution >= 0.6 is 0 Å². The van der Waals surface area contributed by atoms with Crippen molar-refractivity contribution >= 4 is 79.3 Å². The first-order chi connectivity index (χ1) is 31.7. The fourth-order valence-corrected chi connectivity index (χ4v) is 12.7. The molecule has 294 valence electrons. The predicted molar refractivity (Wildman–Crippen MR) is 270 cm³/mol. The third kappa shape index (κ3) is 4.28. The Bertz CT molecular complexity index is 3760. The molecule has 8 aliphatic carbocycles. The summed E-state index contributed by atoms with van der Waals surface area (Å²) < 4.78 is 0. The maximum Gasteiger partial charge on any atom is 0.0653 e. The van der Waals surface area contributed by atoms with Crippen molar-refractivity contribution in [2.24, 2.45) is 10.8 Å². The molecule has 0 aromatic heterocycles. The molecule has 15 rings (SSSR count). The Morgan fingerprint density at radius 1 is 0.281 bits per heavy atom. The lowest BCUT2D eigenvalue weighted by Gasteiger charge is -2.45. The molecule has 0 aliphatic heterocycles. The van der Waals surface area contributed by atoms with Crippen LogP contribution in [0.5, 0.6) is 0 Å². The fraction of sp³-hybridized carbons (Fsp3) is 0.0312. The van der Waals surface area contributed by atoms with Crippen molar-refractivity contribution in [3.05, 3.63) is 284 Å². The zero-order chi connectivity index (χ0) is 41.7. The number of hydrogen-bond donors (Lipinski definition) is 0. The van der Waals surface area contributed by atoms with Gasteiger partial charge in [0.25, 0.3) is 0 Å². The first-order valence-electron chi connectivity index (χ1n) is 22.6. The van der Waals surface area contributed by atoms with E-state index < -0.39 is 10.8 Å². The standard InChI is InChI=1S/C64H38/c1-2-14-40-34-55-45(33-39(40)13-1)25-26-54(56-29-27-52-48-21-9-5-17-43(48)37-60(52)63(56)31-11-23-50-46-19-7-3-15-41(46)35-58(50)63)62(55)57-30-28-53-49-22-10-6-18-44(49)38-61(53)64(57)32-12-24-51-47-20-8-4-16-42(47)36-59(51)64/h1-38H. The van der Waals surface area contributed by atoms with Crippen LogP contribution in [0.15, 0.2) is 229 Å². The van der Waals surface area contributed by atoms with E-state index in [0.29, 0.717) is 0 Å². The lowest BCUT2D eigenvalue weighted by atomic mass is 9.56. The molecule has 0 bridgehead atoms. The van der Waals surface area contributed by atoms with Gasteiger partial charge in [-0.1, -0.05) is 194 Å². The molecule has 0 heteroatoms. The van der Waals surface area contributed by atoms with Gasteiger partial charge in [-0.3, -0.25) is 0 Å². The smallest absolute Gasteiger partial charge is 0.0651 e. The highest BCUT2D eigenvalue weighted by atomic mass is 14.5. The number of benzene rings is 7. The van der Waals surface area contributed by atoms with Gasteiger partial charge in [-0.25, -0.2) is 0 Å². The SMILES string of the molecule is C1=CC2(C3=Cc4ccccc4C3=C1)C1=Cc3ccccc3C1=CC=C2c1ccc2cc3ccccc3cc2c1C1=CC=C2C(=Cc3ccccc32)C12C=CC=C1C2=Cc2ccccc21. The quantitative estimate of drug-likeness (QED) is 0.153. The zero-order valence-electron chi connectivity index (χ0n) is 34.9. The van der Waals surface area contributed by atoms with E-state index in [0.717, 1.165) is 0 Å². The van der Waals surface area contributed by atoms with Crippen LogP contribution in [0.4, 0.5) is 0 Å². The van der Waals surface area contributed by atoms with Gasteiger partial charge in [-0.05, 0) is 169 Å². The first-order valence-corrected chi connectivity index (χ1v) is 22.6. The average molecular weight is 807 g/mol. The molecule has 7 aromatic carbocycles. The van der Waals surface area contributed by atoms with Crippen LogP contribution in [0.3, 0.4) is 0 Å². The summed E-state index contributed by atoms with van der Waals surface area (Å²) in [6, 6.07) is 54.4. The van der Waals surface area contributed by atoms with Gasteiger partial charge in [-0.2, -0.15) is 0 Å². The normalized spacial score (nSPS) is 22.1. The van der Waals surface area contributed by atoms with Crippen molar-refractivity contribution in [2.75, 3.05) is 0 Å². The van der Waals surface area contributed by atoms with Gasteiger partial charge in [0.15, 0.2) is 0 Å². The van der Waals surface area contributed by atoms with Crippen LogP contribution in [-0.4, -0.2) is 0 Å². The summed E-state index contributed by atoms with van der Waals surface area (Å²) in [5, 5.41) is 5.01. The van der Waals surface area contributed by atoms with Crippen LogP contribution in [0.2, 0.25) is 0 Å². The van der Waals surface area contributed by atoms with Crippen LogP contribution in [0, 0.1) is 10.8 Å². The molecule has 0 radical (unpaired) electrons. The monoisotopic (exact) mass is 806 g/mol. The van der Waals surface area contributed by atoms with Gasteiger partial charge in [0.05, 0.1) is 10.8 Å². The second-order valence-electron chi connectivity index (χ2n) is 18.3. The highest BCUT2D eigenvalue weighted by molar-refractivity contribution is 6.17. The first kappa shape index (κ1) is 34.5. The van der Waals surface area contributed by atoms with Crippen molar-refractivity contribution < 1.29 is 0 Å². The summed E-state index contributed by atoms with van der Waals surface area (Å²) in [6.07, 6.45) is 34.2. The van der Waals surface area contributed by atoms with E-state index in [9.17, 15) is 0 Å². The van der Waals surface area contributed by atoms with Gasteiger partial charge in [-0.15, -0.1) is 0 Å². The third-order valence-electron chi connectivity index (χ3n) is 15.4. The molecular formula is C64H38. The van der Waals surface area contributed by atoms with E-state index >= 15 is 0 Å². The summed E-state index contributed by atoms with van der Waals surface area (Å²) in [4.78, 5) is 0.